The molecule has 0 aromatic heterocycles. The van der Waals surface area contributed by atoms with Gasteiger partial charge in [0.15, 0.2) is 0 Å². The molecule has 0 aromatic carbocycles. The van der Waals surface area contributed by atoms with E-state index in [9.17, 15) is 0 Å². The van der Waals surface area contributed by atoms with Gasteiger partial charge in [-0.3, -0.25) is 0 Å². The molecule has 2 nitrogen and oxygen atoms in total. The van der Waals surface area contributed by atoms with Crippen LogP contribution < -0.4 is 0 Å². The van der Waals surface area contributed by atoms with E-state index in [1.807, 2.05) is 0 Å². The molecule has 0 N–H and O–H groups in total. The third kappa shape index (κ3) is 2.02. The van der Waals surface area contributed by atoms with Crippen LogP contribution in [0.1, 0.15) is 26.2 Å². The van der Waals surface area contributed by atoms with Gasteiger partial charge in [0.05, 0.1) is 0 Å². The second kappa shape index (κ2) is 4.30. The largest absolute Gasteiger partial charge is 0.306 e. The first kappa shape index (κ1) is 11.0. The van der Waals surface area contributed by atoms with Crippen LogP contribution in [0.5, 0.6) is 0 Å². The normalized spacial score (nSPS) is 42.0. The van der Waals surface area contributed by atoms with Crippen molar-refractivity contribution in [2.24, 2.45) is 23.7 Å². The summed E-state index contributed by atoms with van der Waals surface area (Å²) in [4.78, 5) is 5.25. The second-order valence-corrected chi connectivity index (χ2v) is 6.58. The van der Waals surface area contributed by atoms with Crippen LogP contribution >= 0.6 is 0 Å². The summed E-state index contributed by atoms with van der Waals surface area (Å²) in [6.07, 6.45) is 4.39. The maximum atomic E-state index is 2.77. The summed E-state index contributed by atoms with van der Waals surface area (Å²) in [5, 5.41) is 0. The lowest BCUT2D eigenvalue weighted by Gasteiger charge is -2.53. The van der Waals surface area contributed by atoms with Crippen LogP contribution in [0.2, 0.25) is 0 Å². The topological polar surface area (TPSA) is 6.48 Å². The second-order valence-electron chi connectivity index (χ2n) is 6.58. The average Bonchev–Trinajstić information content (AvgIpc) is 2.32. The van der Waals surface area contributed by atoms with Gasteiger partial charge < -0.3 is 9.80 Å². The molecule has 4 aliphatic rings. The molecule has 3 aliphatic heterocycles. The highest BCUT2D eigenvalue weighted by atomic mass is 15.2. The highest BCUT2D eigenvalue weighted by molar-refractivity contribution is 4.95. The summed E-state index contributed by atoms with van der Waals surface area (Å²) in [6, 6.07) is 0. The van der Waals surface area contributed by atoms with Gasteiger partial charge >= 0.3 is 0 Å². The molecular formula is C14H26N2. The van der Waals surface area contributed by atoms with Gasteiger partial charge in [-0.15, -0.1) is 0 Å². The monoisotopic (exact) mass is 222 g/mol. The van der Waals surface area contributed by atoms with Gasteiger partial charge in [-0.05, 0) is 63.1 Å². The number of hydrogen-bond acceptors (Lipinski definition) is 2. The fourth-order valence-corrected chi connectivity index (χ4v) is 3.99. The first-order valence-electron chi connectivity index (χ1n) is 7.13. The highest BCUT2D eigenvalue weighted by Gasteiger charge is 2.43. The van der Waals surface area contributed by atoms with Crippen LogP contribution in [-0.4, -0.2) is 49.6 Å². The minimum atomic E-state index is 0.990. The molecule has 3 saturated heterocycles. The predicted molar refractivity (Wildman–Crippen MR) is 67.4 cm³/mol. The first-order valence-corrected chi connectivity index (χ1v) is 7.13. The number of fused-ring (bicyclic) bond motifs is 2. The summed E-state index contributed by atoms with van der Waals surface area (Å²) in [5.74, 6) is 4.12. The van der Waals surface area contributed by atoms with E-state index in [-0.39, 0.29) is 0 Å². The first-order chi connectivity index (χ1) is 7.72. The molecule has 2 unspecified atom stereocenters. The van der Waals surface area contributed by atoms with E-state index in [1.165, 1.54) is 52.0 Å². The number of rotatable bonds is 2. The standard InChI is InChI=1S/C14H26N2/c1-11-13-7-14(11)10-16(9-13)8-12-3-5-15(2)6-4-12/h11-14H,3-10H2,1-2H3. The van der Waals surface area contributed by atoms with Gasteiger partial charge in [0.1, 0.15) is 0 Å². The molecule has 0 amide bonds. The number of hydrogen-bond donors (Lipinski definition) is 0. The maximum Gasteiger partial charge on any atom is 0.00127 e. The lowest BCUT2D eigenvalue weighted by atomic mass is 9.62. The fourth-order valence-electron chi connectivity index (χ4n) is 3.99. The molecule has 0 radical (unpaired) electrons. The van der Waals surface area contributed by atoms with Crippen LogP contribution in [-0.2, 0) is 0 Å². The Kier molecular flexibility index (Phi) is 2.97. The van der Waals surface area contributed by atoms with Crippen molar-refractivity contribution in [3.05, 3.63) is 0 Å². The highest BCUT2D eigenvalue weighted by Crippen LogP contribution is 2.45. The van der Waals surface area contributed by atoms with Crippen LogP contribution in [0.3, 0.4) is 0 Å². The number of nitrogens with zero attached hydrogens (tertiary/aromatic N) is 2. The van der Waals surface area contributed by atoms with Crippen molar-refractivity contribution < 1.29 is 0 Å². The summed E-state index contributed by atoms with van der Waals surface area (Å²) >= 11 is 0. The molecule has 92 valence electrons. The van der Waals surface area contributed by atoms with E-state index in [0.29, 0.717) is 0 Å². The zero-order chi connectivity index (χ0) is 11.1. The van der Waals surface area contributed by atoms with E-state index >= 15 is 0 Å². The van der Waals surface area contributed by atoms with Crippen LogP contribution in [0, 0.1) is 23.7 Å². The molecule has 2 atom stereocenters. The van der Waals surface area contributed by atoms with E-state index in [2.05, 4.69) is 23.8 Å². The van der Waals surface area contributed by atoms with Crippen molar-refractivity contribution in [2.45, 2.75) is 26.2 Å². The summed E-state index contributed by atoms with van der Waals surface area (Å²) < 4.78 is 0. The summed E-state index contributed by atoms with van der Waals surface area (Å²) in [6.45, 7) is 9.32. The van der Waals surface area contributed by atoms with Crippen molar-refractivity contribution in [1.29, 1.82) is 0 Å². The molecule has 4 rings (SSSR count). The van der Waals surface area contributed by atoms with E-state index in [1.54, 1.807) is 0 Å². The maximum absolute atomic E-state index is 2.77. The number of likely N-dealkylation sites (tertiary alicyclic amines) is 1. The Morgan fingerprint density at radius 2 is 1.69 bits per heavy atom. The summed E-state index contributed by atoms with van der Waals surface area (Å²) in [7, 11) is 2.26. The fraction of sp³-hybridized carbons (Fsp3) is 1.00. The Balaban J connectivity index is 1.46. The van der Waals surface area contributed by atoms with Crippen LogP contribution in [0.25, 0.3) is 0 Å². The van der Waals surface area contributed by atoms with Crippen LogP contribution in [0.4, 0.5) is 0 Å². The molecule has 2 heteroatoms. The zero-order valence-corrected chi connectivity index (χ0v) is 10.9. The molecule has 0 aromatic rings. The van der Waals surface area contributed by atoms with Crippen molar-refractivity contribution in [2.75, 3.05) is 39.8 Å². The molecule has 1 aliphatic carbocycles. The minimum absolute atomic E-state index is 0.990. The lowest BCUT2D eigenvalue weighted by molar-refractivity contribution is -0.0414. The Labute approximate surface area is 100.0 Å². The average molecular weight is 222 g/mol. The number of piperidine rings is 3. The molecule has 0 spiro atoms. The predicted octanol–water partition coefficient (Wildman–Crippen LogP) is 1.92. The Bertz CT molecular complexity index is 233. The molecule has 1 saturated carbocycles. The molecule has 4 fully saturated rings. The van der Waals surface area contributed by atoms with Crippen molar-refractivity contribution in [3.8, 4) is 0 Å². The van der Waals surface area contributed by atoms with Crippen LogP contribution in [0.15, 0.2) is 0 Å². The van der Waals surface area contributed by atoms with Gasteiger partial charge in [-0.25, -0.2) is 0 Å². The van der Waals surface area contributed by atoms with Gasteiger partial charge in [-0.2, -0.15) is 0 Å². The quantitative estimate of drug-likeness (QED) is 0.704. The van der Waals surface area contributed by atoms with Crippen molar-refractivity contribution >= 4 is 0 Å². The van der Waals surface area contributed by atoms with Crippen molar-refractivity contribution in [3.63, 3.8) is 0 Å². The Morgan fingerprint density at radius 1 is 1.06 bits per heavy atom. The zero-order valence-electron chi connectivity index (χ0n) is 10.9. The van der Waals surface area contributed by atoms with E-state index in [0.717, 1.165) is 23.7 Å². The Hall–Kier alpha value is -0.0800. The molecule has 2 bridgehead atoms. The van der Waals surface area contributed by atoms with Gasteiger partial charge in [0.2, 0.25) is 0 Å². The van der Waals surface area contributed by atoms with Gasteiger partial charge in [0.25, 0.3) is 0 Å². The van der Waals surface area contributed by atoms with Gasteiger partial charge in [-0.1, -0.05) is 6.92 Å². The van der Waals surface area contributed by atoms with Crippen molar-refractivity contribution in [1.82, 2.24) is 9.80 Å². The SMILES string of the molecule is CC1C2CC1CN(CC1CCN(C)CC1)C2. The smallest absolute Gasteiger partial charge is 0.00127 e. The molecule has 16 heavy (non-hydrogen) atoms. The third-order valence-corrected chi connectivity index (χ3v) is 5.43. The van der Waals surface area contributed by atoms with Gasteiger partial charge in [0, 0.05) is 19.6 Å². The van der Waals surface area contributed by atoms with E-state index < -0.39 is 0 Å². The third-order valence-electron chi connectivity index (χ3n) is 5.43. The lowest BCUT2D eigenvalue weighted by Crippen LogP contribution is -2.55. The molecular weight excluding hydrogens is 196 g/mol. The van der Waals surface area contributed by atoms with E-state index in [4.69, 9.17) is 0 Å². The Morgan fingerprint density at radius 3 is 2.25 bits per heavy atom. The summed E-state index contributed by atoms with van der Waals surface area (Å²) in [5.41, 5.74) is 0. The molecule has 3 heterocycles. The minimum Gasteiger partial charge on any atom is -0.306 e.